The first kappa shape index (κ1) is 17.4. The maximum Gasteiger partial charge on any atom is 0.126 e. The van der Waals surface area contributed by atoms with Crippen LogP contribution in [0.1, 0.15) is 16.7 Å². The Bertz CT molecular complexity index is 1120. The summed E-state index contributed by atoms with van der Waals surface area (Å²) in [4.78, 5) is 17.0. The van der Waals surface area contributed by atoms with Gasteiger partial charge < -0.3 is 10.6 Å². The molecule has 0 saturated heterocycles. The second kappa shape index (κ2) is 8.10. The Hall–Kier alpha value is -4.05. The molecule has 2 N–H and O–H groups in total. The second-order valence-electron chi connectivity index (χ2n) is 6.18. The molecule has 28 heavy (non-hydrogen) atoms. The molecular weight excluding hydrogens is 350 g/mol. The molecule has 136 valence electrons. The van der Waals surface area contributed by atoms with Gasteiger partial charge in [-0.2, -0.15) is 5.26 Å². The fourth-order valence-electron chi connectivity index (χ4n) is 2.86. The van der Waals surface area contributed by atoms with Gasteiger partial charge in [-0.05, 0) is 29.3 Å². The molecule has 0 unspecified atom stereocenters. The molecule has 4 heterocycles. The van der Waals surface area contributed by atoms with E-state index in [1.165, 1.54) is 0 Å². The van der Waals surface area contributed by atoms with Gasteiger partial charge in [-0.1, -0.05) is 12.1 Å². The highest BCUT2D eigenvalue weighted by molar-refractivity contribution is 5.94. The molecule has 0 bridgehead atoms. The van der Waals surface area contributed by atoms with Crippen molar-refractivity contribution in [2.45, 2.75) is 13.1 Å². The molecule has 0 aliphatic heterocycles. The highest BCUT2D eigenvalue weighted by Crippen LogP contribution is 2.27. The van der Waals surface area contributed by atoms with Crippen molar-refractivity contribution in [3.63, 3.8) is 0 Å². The number of hydrogen-bond acceptors (Lipinski definition) is 7. The molecule has 0 atom stereocenters. The predicted molar refractivity (Wildman–Crippen MR) is 107 cm³/mol. The summed E-state index contributed by atoms with van der Waals surface area (Å²) in [5.41, 5.74) is 4.03. The number of nitriles is 1. The van der Waals surface area contributed by atoms with Crippen LogP contribution in [0.15, 0.2) is 67.5 Å². The summed E-state index contributed by atoms with van der Waals surface area (Å²) in [5, 5.41) is 17.0. The highest BCUT2D eigenvalue weighted by Gasteiger charge is 2.10. The van der Waals surface area contributed by atoms with E-state index in [0.717, 1.165) is 27.7 Å². The molecule has 0 aliphatic rings. The molecule has 7 nitrogen and oxygen atoms in total. The topological polar surface area (TPSA) is 99.4 Å². The Balaban J connectivity index is 1.63. The van der Waals surface area contributed by atoms with Crippen molar-refractivity contribution in [3.05, 3.63) is 84.2 Å². The lowest BCUT2D eigenvalue weighted by Crippen LogP contribution is -2.05. The van der Waals surface area contributed by atoms with Crippen LogP contribution in [0.3, 0.4) is 0 Å². The zero-order chi connectivity index (χ0) is 19.2. The predicted octanol–water partition coefficient (Wildman–Crippen LogP) is 3.52. The first-order chi connectivity index (χ1) is 13.8. The fourth-order valence-corrected chi connectivity index (χ4v) is 2.86. The van der Waals surface area contributed by atoms with E-state index in [9.17, 15) is 5.26 Å². The van der Waals surface area contributed by atoms with Gasteiger partial charge in [-0.3, -0.25) is 15.0 Å². The Morgan fingerprint density at radius 1 is 0.857 bits per heavy atom. The summed E-state index contributed by atoms with van der Waals surface area (Å²) >= 11 is 0. The highest BCUT2D eigenvalue weighted by atomic mass is 15.0. The van der Waals surface area contributed by atoms with Crippen molar-refractivity contribution in [2.24, 2.45) is 0 Å². The minimum Gasteiger partial charge on any atom is -0.379 e. The van der Waals surface area contributed by atoms with E-state index in [0.29, 0.717) is 24.5 Å². The lowest BCUT2D eigenvalue weighted by molar-refractivity contribution is 1.09. The zero-order valence-electron chi connectivity index (χ0n) is 15.0. The van der Waals surface area contributed by atoms with Crippen molar-refractivity contribution >= 4 is 22.4 Å². The lowest BCUT2D eigenvalue weighted by Gasteiger charge is -2.13. The summed E-state index contributed by atoms with van der Waals surface area (Å²) < 4.78 is 0. The minimum atomic E-state index is 0.487. The molecule has 0 spiro atoms. The summed E-state index contributed by atoms with van der Waals surface area (Å²) in [6.07, 6.45) is 10.4. The molecule has 0 radical (unpaired) electrons. The molecule has 7 heteroatoms. The van der Waals surface area contributed by atoms with Gasteiger partial charge in [0.05, 0.1) is 23.0 Å². The summed E-state index contributed by atoms with van der Waals surface area (Å²) in [7, 11) is 0. The Labute approximate surface area is 162 Å². The van der Waals surface area contributed by atoms with Crippen LogP contribution in [-0.2, 0) is 13.1 Å². The maximum absolute atomic E-state index is 9.52. The standard InChI is InChI=1S/C21H17N7/c22-8-17-13-25-19-14-27-20(26-11-15-3-1-5-23-9-15)7-18(19)21(17)28-12-16-4-2-6-24-10-16/h1-7,9-10,13-14H,11-12H2,(H,25,28)(H,26,27). The van der Waals surface area contributed by atoms with Gasteiger partial charge in [0, 0.05) is 49.5 Å². The second-order valence-corrected chi connectivity index (χ2v) is 6.18. The molecule has 0 aliphatic carbocycles. The smallest absolute Gasteiger partial charge is 0.126 e. The van der Waals surface area contributed by atoms with Crippen molar-refractivity contribution in [1.82, 2.24) is 19.9 Å². The van der Waals surface area contributed by atoms with Crippen LogP contribution in [0.2, 0.25) is 0 Å². The van der Waals surface area contributed by atoms with Crippen molar-refractivity contribution in [3.8, 4) is 6.07 Å². The van der Waals surface area contributed by atoms with Crippen LogP contribution >= 0.6 is 0 Å². The summed E-state index contributed by atoms with van der Waals surface area (Å²) in [5.74, 6) is 0.706. The fraction of sp³-hybridized carbons (Fsp3) is 0.0952. The van der Waals surface area contributed by atoms with Crippen LogP contribution in [0.4, 0.5) is 11.5 Å². The van der Waals surface area contributed by atoms with E-state index in [-0.39, 0.29) is 0 Å². The first-order valence-corrected chi connectivity index (χ1v) is 8.78. The van der Waals surface area contributed by atoms with Gasteiger partial charge in [0.1, 0.15) is 11.9 Å². The molecule has 0 saturated carbocycles. The van der Waals surface area contributed by atoms with Crippen molar-refractivity contribution in [2.75, 3.05) is 10.6 Å². The zero-order valence-corrected chi connectivity index (χ0v) is 15.0. The summed E-state index contributed by atoms with van der Waals surface area (Å²) in [6, 6.07) is 11.9. The number of hydrogen-bond donors (Lipinski definition) is 2. The van der Waals surface area contributed by atoms with E-state index in [4.69, 9.17) is 0 Å². The van der Waals surface area contributed by atoms with Crippen LogP contribution in [0, 0.1) is 11.3 Å². The third-order valence-corrected chi connectivity index (χ3v) is 4.26. The largest absolute Gasteiger partial charge is 0.379 e. The molecule has 4 rings (SSSR count). The molecule has 0 fully saturated rings. The van der Waals surface area contributed by atoms with Crippen LogP contribution in [0.25, 0.3) is 10.9 Å². The SMILES string of the molecule is N#Cc1cnc2cnc(NCc3cccnc3)cc2c1NCc1cccnc1. The monoisotopic (exact) mass is 367 g/mol. The third kappa shape index (κ3) is 3.86. The number of nitrogens with zero attached hydrogens (tertiary/aromatic N) is 5. The molecule has 0 aromatic carbocycles. The summed E-state index contributed by atoms with van der Waals surface area (Å²) in [6.45, 7) is 1.17. The molecular formula is C21H17N7. The van der Waals surface area contributed by atoms with Crippen LogP contribution < -0.4 is 10.6 Å². The minimum absolute atomic E-state index is 0.487. The van der Waals surface area contributed by atoms with E-state index in [1.807, 2.05) is 36.5 Å². The lowest BCUT2D eigenvalue weighted by atomic mass is 10.1. The molecule has 4 aromatic heterocycles. The van der Waals surface area contributed by atoms with Crippen LogP contribution in [-0.4, -0.2) is 19.9 Å². The van der Waals surface area contributed by atoms with E-state index in [2.05, 4.69) is 36.6 Å². The number of aromatic nitrogens is 4. The average Bonchev–Trinajstić information content (AvgIpc) is 2.77. The Kier molecular flexibility index (Phi) is 5.02. The Morgan fingerprint density at radius 3 is 2.21 bits per heavy atom. The first-order valence-electron chi connectivity index (χ1n) is 8.78. The number of rotatable bonds is 6. The quantitative estimate of drug-likeness (QED) is 0.538. The van der Waals surface area contributed by atoms with Gasteiger partial charge in [0.2, 0.25) is 0 Å². The van der Waals surface area contributed by atoms with E-state index < -0.39 is 0 Å². The van der Waals surface area contributed by atoms with Crippen LogP contribution in [0.5, 0.6) is 0 Å². The van der Waals surface area contributed by atoms with Gasteiger partial charge in [0.25, 0.3) is 0 Å². The number of fused-ring (bicyclic) bond motifs is 1. The Morgan fingerprint density at radius 2 is 1.57 bits per heavy atom. The van der Waals surface area contributed by atoms with Gasteiger partial charge in [-0.25, -0.2) is 4.98 Å². The van der Waals surface area contributed by atoms with Gasteiger partial charge in [-0.15, -0.1) is 0 Å². The van der Waals surface area contributed by atoms with Crippen molar-refractivity contribution < 1.29 is 0 Å². The van der Waals surface area contributed by atoms with Gasteiger partial charge in [0.15, 0.2) is 0 Å². The van der Waals surface area contributed by atoms with E-state index in [1.54, 1.807) is 31.0 Å². The average molecular weight is 367 g/mol. The number of anilines is 2. The molecule has 0 amide bonds. The van der Waals surface area contributed by atoms with Gasteiger partial charge >= 0.3 is 0 Å². The van der Waals surface area contributed by atoms with E-state index >= 15 is 0 Å². The molecule has 4 aromatic rings. The number of pyridine rings is 4. The number of nitrogens with one attached hydrogen (secondary N) is 2. The van der Waals surface area contributed by atoms with Crippen molar-refractivity contribution in [1.29, 1.82) is 5.26 Å². The third-order valence-electron chi connectivity index (χ3n) is 4.26. The normalized spacial score (nSPS) is 10.4. The maximum atomic E-state index is 9.52.